The van der Waals surface area contributed by atoms with Crippen LogP contribution >= 0.6 is 23.1 Å². The number of aromatic nitrogens is 3. The molecule has 0 saturated carbocycles. The monoisotopic (exact) mass is 412 g/mol. The first-order valence-corrected chi connectivity index (χ1v) is 11.4. The Kier molecular flexibility index (Phi) is 6.12. The molecule has 3 heterocycles. The van der Waals surface area contributed by atoms with Crippen LogP contribution in [0.5, 0.6) is 0 Å². The van der Waals surface area contributed by atoms with E-state index in [1.807, 2.05) is 29.3 Å². The van der Waals surface area contributed by atoms with Crippen LogP contribution in [0.3, 0.4) is 0 Å². The Morgan fingerprint density at radius 3 is 2.75 bits per heavy atom. The Balaban J connectivity index is 1.28. The molecule has 1 aromatic carbocycles. The SMILES string of the molecule is C[C@@H](Sc1n[nH]c(-c2cccs2)n1)C(=O)N1CCC(Cc2ccccc2)CC1. The van der Waals surface area contributed by atoms with Gasteiger partial charge in [-0.3, -0.25) is 9.89 Å². The zero-order valence-electron chi connectivity index (χ0n) is 15.9. The van der Waals surface area contributed by atoms with E-state index in [1.54, 1.807) is 11.3 Å². The van der Waals surface area contributed by atoms with Gasteiger partial charge in [0.15, 0.2) is 5.82 Å². The molecule has 146 valence electrons. The van der Waals surface area contributed by atoms with Crippen LogP contribution < -0.4 is 0 Å². The molecule has 0 radical (unpaired) electrons. The highest BCUT2D eigenvalue weighted by Crippen LogP contribution is 2.28. The molecule has 28 heavy (non-hydrogen) atoms. The first kappa shape index (κ1) is 19.2. The van der Waals surface area contributed by atoms with E-state index in [2.05, 4.69) is 45.5 Å². The molecular formula is C21H24N4OS2. The highest BCUT2D eigenvalue weighted by Gasteiger charge is 2.27. The van der Waals surface area contributed by atoms with Crippen molar-refractivity contribution in [3.05, 3.63) is 53.4 Å². The number of carbonyl (C=O) groups excluding carboxylic acids is 1. The maximum atomic E-state index is 12.8. The van der Waals surface area contributed by atoms with Gasteiger partial charge in [-0.15, -0.1) is 16.4 Å². The second kappa shape index (κ2) is 8.92. The smallest absolute Gasteiger partial charge is 0.235 e. The maximum absolute atomic E-state index is 12.8. The number of thiophene rings is 1. The third-order valence-electron chi connectivity index (χ3n) is 5.14. The van der Waals surface area contributed by atoms with Gasteiger partial charge in [-0.2, -0.15) is 0 Å². The number of amides is 1. The molecule has 0 bridgehead atoms. The minimum atomic E-state index is -0.183. The van der Waals surface area contributed by atoms with Crippen molar-refractivity contribution < 1.29 is 4.79 Å². The quantitative estimate of drug-likeness (QED) is 0.606. The van der Waals surface area contributed by atoms with Crippen LogP contribution in [0.25, 0.3) is 10.7 Å². The predicted octanol–water partition coefficient (Wildman–Crippen LogP) is 4.50. The van der Waals surface area contributed by atoms with E-state index in [4.69, 9.17) is 0 Å². The zero-order valence-corrected chi connectivity index (χ0v) is 17.5. The number of thioether (sulfide) groups is 1. The molecule has 4 rings (SSSR count). The summed E-state index contributed by atoms with van der Waals surface area (Å²) in [6, 6.07) is 14.6. The molecule has 0 spiro atoms. The van der Waals surface area contributed by atoms with Crippen LogP contribution in [-0.4, -0.2) is 44.3 Å². The Hall–Kier alpha value is -2.12. The normalized spacial score (nSPS) is 16.2. The summed E-state index contributed by atoms with van der Waals surface area (Å²) in [4.78, 5) is 20.4. The summed E-state index contributed by atoms with van der Waals surface area (Å²) in [5, 5.41) is 9.68. The van der Waals surface area contributed by atoms with E-state index in [0.717, 1.165) is 43.1 Å². The first-order valence-electron chi connectivity index (χ1n) is 9.64. The number of H-pyrrole nitrogens is 1. The van der Waals surface area contributed by atoms with E-state index in [-0.39, 0.29) is 11.2 Å². The molecule has 1 N–H and O–H groups in total. The van der Waals surface area contributed by atoms with Crippen LogP contribution in [0.1, 0.15) is 25.3 Å². The molecule has 1 aliphatic rings. The third kappa shape index (κ3) is 4.64. The lowest BCUT2D eigenvalue weighted by molar-refractivity contribution is -0.131. The van der Waals surface area contributed by atoms with Crippen LogP contribution in [0.15, 0.2) is 53.0 Å². The average molecular weight is 413 g/mol. The fourth-order valence-electron chi connectivity index (χ4n) is 3.59. The molecule has 1 saturated heterocycles. The standard InChI is InChI=1S/C21H24N4OS2/c1-15(28-21-22-19(23-24-21)18-8-5-13-27-18)20(26)25-11-9-17(10-12-25)14-16-6-3-2-4-7-16/h2-8,13,15,17H,9-12,14H2,1H3,(H,22,23,24)/t15-/m1/s1. The van der Waals surface area contributed by atoms with Crippen LogP contribution in [0, 0.1) is 5.92 Å². The Morgan fingerprint density at radius 1 is 1.25 bits per heavy atom. The van der Waals surface area contributed by atoms with Gasteiger partial charge in [0, 0.05) is 13.1 Å². The summed E-state index contributed by atoms with van der Waals surface area (Å²) in [5.41, 5.74) is 1.39. The van der Waals surface area contributed by atoms with E-state index in [1.165, 1.54) is 17.3 Å². The van der Waals surface area contributed by atoms with E-state index in [9.17, 15) is 4.79 Å². The van der Waals surface area contributed by atoms with Crippen molar-refractivity contribution in [1.29, 1.82) is 0 Å². The number of aromatic amines is 1. The maximum Gasteiger partial charge on any atom is 0.235 e. The highest BCUT2D eigenvalue weighted by atomic mass is 32.2. The summed E-state index contributed by atoms with van der Waals surface area (Å²) in [7, 11) is 0. The number of hydrogen-bond acceptors (Lipinski definition) is 5. The summed E-state index contributed by atoms with van der Waals surface area (Å²) >= 11 is 3.05. The molecule has 1 atom stereocenters. The van der Waals surface area contributed by atoms with Crippen LogP contribution in [0.4, 0.5) is 0 Å². The number of carbonyl (C=O) groups is 1. The molecule has 1 amide bonds. The molecule has 0 unspecified atom stereocenters. The largest absolute Gasteiger partial charge is 0.342 e. The molecule has 1 aliphatic heterocycles. The Labute approximate surface area is 173 Å². The zero-order chi connectivity index (χ0) is 19.3. The average Bonchev–Trinajstić information content (AvgIpc) is 3.40. The van der Waals surface area contributed by atoms with Gasteiger partial charge in [0.25, 0.3) is 0 Å². The first-order chi connectivity index (χ1) is 13.7. The van der Waals surface area contributed by atoms with Gasteiger partial charge < -0.3 is 4.90 Å². The topological polar surface area (TPSA) is 61.9 Å². The van der Waals surface area contributed by atoms with Gasteiger partial charge in [0.2, 0.25) is 11.1 Å². The molecule has 0 aliphatic carbocycles. The minimum absolute atomic E-state index is 0.183. The summed E-state index contributed by atoms with van der Waals surface area (Å²) in [6.07, 6.45) is 3.25. The second-order valence-corrected chi connectivity index (χ2v) is 9.42. The molecule has 2 aromatic heterocycles. The molecule has 5 nitrogen and oxygen atoms in total. The predicted molar refractivity (Wildman–Crippen MR) is 114 cm³/mol. The van der Waals surface area contributed by atoms with E-state index >= 15 is 0 Å². The van der Waals surface area contributed by atoms with Gasteiger partial charge in [-0.05, 0) is 49.1 Å². The van der Waals surface area contributed by atoms with Crippen molar-refractivity contribution in [3.63, 3.8) is 0 Å². The van der Waals surface area contributed by atoms with Crippen LogP contribution in [0.2, 0.25) is 0 Å². The number of likely N-dealkylation sites (tertiary alicyclic amines) is 1. The van der Waals surface area contributed by atoms with Gasteiger partial charge in [0.1, 0.15) is 0 Å². The fourth-order valence-corrected chi connectivity index (χ4v) is 5.07. The minimum Gasteiger partial charge on any atom is -0.342 e. The van der Waals surface area contributed by atoms with Crippen molar-refractivity contribution in [2.75, 3.05) is 13.1 Å². The van der Waals surface area contributed by atoms with Gasteiger partial charge >= 0.3 is 0 Å². The molecule has 7 heteroatoms. The number of piperidine rings is 1. The number of nitrogens with one attached hydrogen (secondary N) is 1. The van der Waals surface area contributed by atoms with Crippen LogP contribution in [-0.2, 0) is 11.2 Å². The number of nitrogens with zero attached hydrogens (tertiary/aromatic N) is 3. The van der Waals surface area contributed by atoms with Gasteiger partial charge in [-0.1, -0.05) is 48.2 Å². The van der Waals surface area contributed by atoms with Gasteiger partial charge in [0.05, 0.1) is 10.1 Å². The summed E-state index contributed by atoms with van der Waals surface area (Å²) in [5.74, 6) is 1.61. The van der Waals surface area contributed by atoms with Crippen molar-refractivity contribution >= 4 is 29.0 Å². The molecule has 1 fully saturated rings. The Morgan fingerprint density at radius 2 is 2.04 bits per heavy atom. The highest BCUT2D eigenvalue weighted by molar-refractivity contribution is 8.00. The van der Waals surface area contributed by atoms with Gasteiger partial charge in [-0.25, -0.2) is 4.98 Å². The van der Waals surface area contributed by atoms with Crippen molar-refractivity contribution in [2.24, 2.45) is 5.92 Å². The lowest BCUT2D eigenvalue weighted by atomic mass is 9.90. The molecule has 3 aromatic rings. The summed E-state index contributed by atoms with van der Waals surface area (Å²) in [6.45, 7) is 3.63. The molecular weight excluding hydrogens is 388 g/mol. The van der Waals surface area contributed by atoms with Crippen molar-refractivity contribution in [3.8, 4) is 10.7 Å². The van der Waals surface area contributed by atoms with Crippen molar-refractivity contribution in [1.82, 2.24) is 20.1 Å². The van der Waals surface area contributed by atoms with E-state index in [0.29, 0.717) is 11.1 Å². The number of rotatable bonds is 6. The third-order valence-corrected chi connectivity index (χ3v) is 6.97. The fraction of sp³-hybridized carbons (Fsp3) is 0.381. The van der Waals surface area contributed by atoms with E-state index < -0.39 is 0 Å². The second-order valence-electron chi connectivity index (χ2n) is 7.16. The lowest BCUT2D eigenvalue weighted by Gasteiger charge is -2.33. The summed E-state index contributed by atoms with van der Waals surface area (Å²) < 4.78 is 0. The Bertz CT molecular complexity index is 886. The van der Waals surface area contributed by atoms with Crippen molar-refractivity contribution in [2.45, 2.75) is 36.6 Å². The number of hydrogen-bond donors (Lipinski definition) is 1. The number of benzene rings is 1. The lowest BCUT2D eigenvalue weighted by Crippen LogP contribution is -2.42.